The van der Waals surface area contributed by atoms with Crippen molar-refractivity contribution in [3.05, 3.63) is 30.1 Å². The van der Waals surface area contributed by atoms with Gasteiger partial charge in [0.05, 0.1) is 23.8 Å². The first-order valence-corrected chi connectivity index (χ1v) is 11.2. The van der Waals surface area contributed by atoms with E-state index < -0.39 is 6.16 Å². The first kappa shape index (κ1) is 21.9. The van der Waals surface area contributed by atoms with Crippen molar-refractivity contribution in [1.82, 2.24) is 9.97 Å². The topological polar surface area (TPSA) is 108 Å². The fourth-order valence-corrected chi connectivity index (χ4v) is 4.75. The molecule has 170 valence electrons. The number of aryl methyl sites for hydroxylation is 1. The molecule has 0 spiro atoms. The van der Waals surface area contributed by atoms with Gasteiger partial charge in [0.1, 0.15) is 17.7 Å². The summed E-state index contributed by atoms with van der Waals surface area (Å²) in [7, 11) is 1.81. The van der Waals surface area contributed by atoms with E-state index in [0.29, 0.717) is 24.1 Å². The zero-order chi connectivity index (χ0) is 22.8. The van der Waals surface area contributed by atoms with Crippen LogP contribution in [-0.4, -0.2) is 46.3 Å². The molecule has 1 aliphatic heterocycles. The van der Waals surface area contributed by atoms with Crippen molar-refractivity contribution in [3.63, 3.8) is 0 Å². The minimum absolute atomic E-state index is 0.110. The smallest absolute Gasteiger partial charge is 0.449 e. The van der Waals surface area contributed by atoms with Crippen LogP contribution in [-0.2, 0) is 11.2 Å². The molecule has 1 atom stereocenters. The number of rotatable bonds is 6. The van der Waals surface area contributed by atoms with Crippen molar-refractivity contribution < 1.29 is 19.4 Å². The highest BCUT2D eigenvalue weighted by atomic mass is 16.7. The van der Waals surface area contributed by atoms with Crippen LogP contribution in [0.3, 0.4) is 0 Å². The summed E-state index contributed by atoms with van der Waals surface area (Å²) < 4.78 is 4.72. The largest absolute Gasteiger partial charge is 0.511 e. The van der Waals surface area contributed by atoms with Gasteiger partial charge in [0.25, 0.3) is 0 Å². The molecular weight excluding hydrogens is 410 g/mol. The highest BCUT2D eigenvalue weighted by molar-refractivity contribution is 6.05. The lowest BCUT2D eigenvalue weighted by molar-refractivity contribution is -0.120. The van der Waals surface area contributed by atoms with Crippen LogP contribution in [0.25, 0.3) is 0 Å². The number of likely N-dealkylation sites (N-methyl/N-ethyl adjacent to an activating group) is 1. The molecule has 1 amide bonds. The molecule has 9 nitrogen and oxygen atoms in total. The van der Waals surface area contributed by atoms with Crippen LogP contribution in [0.4, 0.5) is 27.8 Å². The van der Waals surface area contributed by atoms with Crippen LogP contribution in [0.15, 0.2) is 24.5 Å². The number of anilines is 4. The van der Waals surface area contributed by atoms with E-state index in [1.54, 1.807) is 17.2 Å². The van der Waals surface area contributed by atoms with Gasteiger partial charge in [0.15, 0.2) is 5.75 Å². The third kappa shape index (κ3) is 4.06. The van der Waals surface area contributed by atoms with Crippen molar-refractivity contribution in [2.24, 2.45) is 0 Å². The Morgan fingerprint density at radius 2 is 1.94 bits per heavy atom. The van der Waals surface area contributed by atoms with Crippen molar-refractivity contribution in [2.75, 3.05) is 22.2 Å². The molecule has 1 saturated carbocycles. The minimum Gasteiger partial charge on any atom is -0.449 e. The Balaban J connectivity index is 1.69. The third-order valence-electron chi connectivity index (χ3n) is 6.33. The van der Waals surface area contributed by atoms with Gasteiger partial charge in [-0.2, -0.15) is 0 Å². The summed E-state index contributed by atoms with van der Waals surface area (Å²) >= 11 is 0. The van der Waals surface area contributed by atoms with Crippen molar-refractivity contribution in [1.29, 1.82) is 0 Å². The number of carboxylic acid groups (broad SMARTS) is 1. The Morgan fingerprint density at radius 1 is 1.19 bits per heavy atom. The average Bonchev–Trinajstić information content (AvgIpc) is 3.31. The number of amides is 1. The molecule has 0 bridgehead atoms. The summed E-state index contributed by atoms with van der Waals surface area (Å²) in [6, 6.07) is 3.82. The number of nitrogens with zero attached hydrogens (tertiary/aromatic N) is 4. The minimum atomic E-state index is -1.37. The van der Waals surface area contributed by atoms with Crippen molar-refractivity contribution in [2.45, 2.75) is 64.5 Å². The number of ether oxygens (including phenoxy) is 1. The summed E-state index contributed by atoms with van der Waals surface area (Å²) in [6.45, 7) is 4.02. The van der Waals surface area contributed by atoms with Crippen LogP contribution in [0, 0.1) is 0 Å². The van der Waals surface area contributed by atoms with Gasteiger partial charge in [-0.05, 0) is 37.3 Å². The van der Waals surface area contributed by atoms with E-state index in [2.05, 4.69) is 27.1 Å². The highest BCUT2D eigenvalue weighted by Gasteiger charge is 2.40. The van der Waals surface area contributed by atoms with Crippen LogP contribution in [0.1, 0.15) is 51.5 Å². The molecule has 2 aliphatic rings. The molecule has 1 aliphatic carbocycles. The predicted molar refractivity (Wildman–Crippen MR) is 122 cm³/mol. The van der Waals surface area contributed by atoms with Crippen LogP contribution in [0.5, 0.6) is 5.75 Å². The molecule has 0 unspecified atom stereocenters. The average molecular weight is 440 g/mol. The van der Waals surface area contributed by atoms with E-state index in [1.165, 1.54) is 19.0 Å². The fourth-order valence-electron chi connectivity index (χ4n) is 4.75. The first-order valence-electron chi connectivity index (χ1n) is 11.2. The summed E-state index contributed by atoms with van der Waals surface area (Å²) in [6.07, 6.45) is 7.66. The Bertz CT molecular complexity index is 1020. The Labute approximate surface area is 187 Å². The number of fused-ring (bicyclic) bond motifs is 1. The van der Waals surface area contributed by atoms with E-state index in [0.717, 1.165) is 36.2 Å². The molecule has 2 aromatic heterocycles. The molecule has 4 rings (SSSR count). The number of pyridine rings is 2. The number of carbonyl (C=O) groups is 2. The van der Waals surface area contributed by atoms with Gasteiger partial charge in [-0.3, -0.25) is 4.79 Å². The summed E-state index contributed by atoms with van der Waals surface area (Å²) in [5.74, 6) is 1.51. The third-order valence-corrected chi connectivity index (χ3v) is 6.33. The second kappa shape index (κ2) is 9.02. The Morgan fingerprint density at radius 3 is 2.59 bits per heavy atom. The van der Waals surface area contributed by atoms with E-state index in [9.17, 15) is 9.59 Å². The molecule has 32 heavy (non-hydrogen) atoms. The molecule has 1 fully saturated rings. The molecule has 0 saturated heterocycles. The molecule has 3 heterocycles. The lowest BCUT2D eigenvalue weighted by Gasteiger charge is -2.44. The number of nitrogens with one attached hydrogen (secondary N) is 1. The lowest BCUT2D eigenvalue weighted by atomic mass is 10.0. The highest BCUT2D eigenvalue weighted by Crippen LogP contribution is 2.42. The normalized spacial score (nSPS) is 18.6. The zero-order valence-corrected chi connectivity index (χ0v) is 18.7. The molecule has 2 N–H and O–H groups in total. The zero-order valence-electron chi connectivity index (χ0n) is 18.7. The van der Waals surface area contributed by atoms with Crippen LogP contribution in [0.2, 0.25) is 0 Å². The second-order valence-electron chi connectivity index (χ2n) is 8.25. The quantitative estimate of drug-likeness (QED) is 0.640. The molecule has 2 aromatic rings. The summed E-state index contributed by atoms with van der Waals surface area (Å²) in [4.78, 5) is 36.7. The monoisotopic (exact) mass is 439 g/mol. The maximum Gasteiger partial charge on any atom is 0.511 e. The Hall–Kier alpha value is -3.36. The lowest BCUT2D eigenvalue weighted by Crippen LogP contribution is -2.55. The first-order chi connectivity index (χ1) is 15.4. The maximum atomic E-state index is 13.0. The maximum absolute atomic E-state index is 13.0. The van der Waals surface area contributed by atoms with Gasteiger partial charge < -0.3 is 25.0 Å². The van der Waals surface area contributed by atoms with E-state index in [-0.39, 0.29) is 17.7 Å². The van der Waals surface area contributed by atoms with Crippen LogP contribution >= 0.6 is 0 Å². The van der Waals surface area contributed by atoms with Crippen molar-refractivity contribution in [3.8, 4) is 5.75 Å². The summed E-state index contributed by atoms with van der Waals surface area (Å²) in [5, 5.41) is 12.1. The SMILES string of the molecule is CCc1cc(OC(=O)O)cnc1Nc1cc2c(cn1)N(C)C(=O)[C@@H](CC)N2C1CCCC1. The number of hydrogen-bond donors (Lipinski definition) is 2. The predicted octanol–water partition coefficient (Wildman–Crippen LogP) is 4.34. The van der Waals surface area contributed by atoms with Crippen LogP contribution < -0.4 is 19.9 Å². The second-order valence-corrected chi connectivity index (χ2v) is 8.25. The van der Waals surface area contributed by atoms with Gasteiger partial charge >= 0.3 is 6.16 Å². The van der Waals surface area contributed by atoms with E-state index >= 15 is 0 Å². The van der Waals surface area contributed by atoms with Crippen molar-refractivity contribution >= 4 is 35.1 Å². The fraction of sp³-hybridized carbons (Fsp3) is 0.478. The number of carbonyl (C=O) groups excluding carboxylic acids is 1. The van der Waals surface area contributed by atoms with E-state index in [4.69, 9.17) is 9.84 Å². The molecule has 0 aromatic carbocycles. The Kier molecular flexibility index (Phi) is 6.16. The number of hydrogen-bond acceptors (Lipinski definition) is 7. The number of aromatic nitrogens is 2. The van der Waals surface area contributed by atoms with E-state index in [1.807, 2.05) is 20.0 Å². The van der Waals surface area contributed by atoms with Gasteiger partial charge in [-0.15, -0.1) is 0 Å². The van der Waals surface area contributed by atoms with Gasteiger partial charge in [-0.1, -0.05) is 26.7 Å². The molecule has 9 heteroatoms. The molecule has 0 radical (unpaired) electrons. The molecular formula is C23H29N5O4. The van der Waals surface area contributed by atoms with Gasteiger partial charge in [0, 0.05) is 19.2 Å². The van der Waals surface area contributed by atoms with Gasteiger partial charge in [0.2, 0.25) is 5.91 Å². The standard InChI is InChI=1S/C23H29N5O4/c1-4-14-10-16(32-23(30)31)12-25-21(14)26-20-11-18-19(13-24-20)27(3)22(29)17(5-2)28(18)15-8-6-7-9-15/h10-13,15,17H,4-9H2,1-3H3,(H,30,31)(H,24,25,26)/t17-/m1/s1. The summed E-state index contributed by atoms with van der Waals surface area (Å²) in [5.41, 5.74) is 2.63. The van der Waals surface area contributed by atoms with Gasteiger partial charge in [-0.25, -0.2) is 14.8 Å².